The van der Waals surface area contributed by atoms with Crippen molar-refractivity contribution in [1.29, 1.82) is 0 Å². The molecule has 0 bridgehead atoms. The van der Waals surface area contributed by atoms with E-state index in [9.17, 15) is 8.42 Å². The van der Waals surface area contributed by atoms with Crippen LogP contribution in [0.5, 0.6) is 11.5 Å². The van der Waals surface area contributed by atoms with Gasteiger partial charge in [-0.05, 0) is 31.2 Å². The number of nitrogens with one attached hydrogen (secondary N) is 1. The van der Waals surface area contributed by atoms with Crippen LogP contribution < -0.4 is 9.46 Å². The molecular formula is C17H16ClN3O3S. The van der Waals surface area contributed by atoms with Crippen LogP contribution in [0.1, 0.15) is 6.92 Å². The fourth-order valence-corrected chi connectivity index (χ4v) is 3.34. The monoisotopic (exact) mass is 377 g/mol. The van der Waals surface area contributed by atoms with Gasteiger partial charge < -0.3 is 4.74 Å². The second kappa shape index (κ2) is 7.16. The SMILES string of the molecule is CCn1cc(S(=O)(=O)Nc2ccccc2Oc2ccccc2Cl)cn1. The third-order valence-corrected chi connectivity index (χ3v) is 5.06. The lowest BCUT2D eigenvalue weighted by Gasteiger charge is -2.13. The van der Waals surface area contributed by atoms with Crippen LogP contribution in [0.15, 0.2) is 65.8 Å². The number of halogens is 1. The lowest BCUT2D eigenvalue weighted by atomic mass is 10.3. The van der Waals surface area contributed by atoms with Gasteiger partial charge >= 0.3 is 0 Å². The van der Waals surface area contributed by atoms with Gasteiger partial charge in [-0.3, -0.25) is 9.40 Å². The molecule has 6 nitrogen and oxygen atoms in total. The quantitative estimate of drug-likeness (QED) is 0.700. The molecule has 0 aliphatic carbocycles. The molecule has 130 valence electrons. The molecule has 0 aliphatic heterocycles. The van der Waals surface area contributed by atoms with Crippen molar-refractivity contribution in [2.24, 2.45) is 0 Å². The van der Waals surface area contributed by atoms with Gasteiger partial charge in [0.2, 0.25) is 0 Å². The number of aromatic nitrogens is 2. The molecule has 0 radical (unpaired) electrons. The standard InChI is InChI=1S/C17H16ClN3O3S/c1-2-21-12-13(11-19-21)25(22,23)20-15-8-4-6-10-17(15)24-16-9-5-3-7-14(16)18/h3-12,20H,2H2,1H3. The molecule has 0 fully saturated rings. The summed E-state index contributed by atoms with van der Waals surface area (Å²) in [5.41, 5.74) is 0.312. The average Bonchev–Trinajstić information content (AvgIpc) is 3.08. The largest absolute Gasteiger partial charge is 0.454 e. The number of rotatable bonds is 6. The van der Waals surface area contributed by atoms with E-state index < -0.39 is 10.0 Å². The van der Waals surface area contributed by atoms with Crippen molar-refractivity contribution >= 4 is 27.3 Å². The summed E-state index contributed by atoms with van der Waals surface area (Å²) in [5.74, 6) is 0.789. The number of hydrogen-bond donors (Lipinski definition) is 1. The Hall–Kier alpha value is -2.51. The maximum absolute atomic E-state index is 12.6. The Labute approximate surface area is 151 Å². The highest BCUT2D eigenvalue weighted by molar-refractivity contribution is 7.92. The Kier molecular flexibility index (Phi) is 4.96. The number of nitrogens with zero attached hydrogens (tertiary/aromatic N) is 2. The lowest BCUT2D eigenvalue weighted by Crippen LogP contribution is -2.13. The van der Waals surface area contributed by atoms with Crippen LogP contribution in [-0.4, -0.2) is 18.2 Å². The molecule has 1 N–H and O–H groups in total. The van der Waals surface area contributed by atoms with Gasteiger partial charge in [-0.1, -0.05) is 35.9 Å². The summed E-state index contributed by atoms with van der Waals surface area (Å²) >= 11 is 6.10. The highest BCUT2D eigenvalue weighted by Crippen LogP contribution is 2.34. The van der Waals surface area contributed by atoms with E-state index in [1.807, 2.05) is 6.92 Å². The van der Waals surface area contributed by atoms with Gasteiger partial charge in [-0.25, -0.2) is 8.42 Å². The minimum absolute atomic E-state index is 0.0851. The predicted octanol–water partition coefficient (Wildman–Crippen LogP) is 4.15. The van der Waals surface area contributed by atoms with Crippen LogP contribution in [0, 0.1) is 0 Å². The number of benzene rings is 2. The van der Waals surface area contributed by atoms with Crippen molar-refractivity contribution in [2.75, 3.05) is 4.72 Å². The Morgan fingerprint density at radius 2 is 1.80 bits per heavy atom. The first kappa shape index (κ1) is 17.3. The third kappa shape index (κ3) is 3.94. The average molecular weight is 378 g/mol. The molecule has 0 saturated heterocycles. The van der Waals surface area contributed by atoms with Crippen molar-refractivity contribution < 1.29 is 13.2 Å². The van der Waals surface area contributed by atoms with Gasteiger partial charge in [-0.15, -0.1) is 0 Å². The molecular weight excluding hydrogens is 362 g/mol. The molecule has 2 aromatic carbocycles. The van der Waals surface area contributed by atoms with Crippen molar-refractivity contribution in [1.82, 2.24) is 9.78 Å². The number of hydrogen-bond acceptors (Lipinski definition) is 4. The third-order valence-electron chi connectivity index (χ3n) is 3.43. The molecule has 3 rings (SSSR count). The molecule has 0 amide bonds. The normalized spacial score (nSPS) is 11.3. The summed E-state index contributed by atoms with van der Waals surface area (Å²) in [6.45, 7) is 2.46. The van der Waals surface area contributed by atoms with Gasteiger partial charge in [0.25, 0.3) is 10.0 Å². The zero-order valence-corrected chi connectivity index (χ0v) is 15.0. The summed E-state index contributed by atoms with van der Waals surface area (Å²) in [4.78, 5) is 0.0851. The summed E-state index contributed by atoms with van der Waals surface area (Å²) < 4.78 is 35.0. The molecule has 0 atom stereocenters. The van der Waals surface area contributed by atoms with E-state index in [-0.39, 0.29) is 4.90 Å². The van der Waals surface area contributed by atoms with E-state index in [0.717, 1.165) is 0 Å². The number of sulfonamides is 1. The van der Waals surface area contributed by atoms with E-state index in [1.165, 1.54) is 12.4 Å². The molecule has 1 aromatic heterocycles. The molecule has 0 aliphatic rings. The Balaban J connectivity index is 1.89. The van der Waals surface area contributed by atoms with Gasteiger partial charge in [0.05, 0.1) is 16.9 Å². The van der Waals surface area contributed by atoms with Crippen molar-refractivity contribution in [2.45, 2.75) is 18.4 Å². The minimum Gasteiger partial charge on any atom is -0.454 e. The van der Waals surface area contributed by atoms with E-state index >= 15 is 0 Å². The first-order valence-corrected chi connectivity index (χ1v) is 9.42. The van der Waals surface area contributed by atoms with Crippen LogP contribution in [-0.2, 0) is 16.6 Å². The Morgan fingerprint density at radius 1 is 1.12 bits per heavy atom. The number of anilines is 1. The first-order chi connectivity index (χ1) is 12.0. The number of para-hydroxylation sites is 3. The predicted molar refractivity (Wildman–Crippen MR) is 96.7 cm³/mol. The Bertz CT molecular complexity index is 986. The van der Waals surface area contributed by atoms with E-state index in [1.54, 1.807) is 53.2 Å². The van der Waals surface area contributed by atoms with Gasteiger partial charge in [-0.2, -0.15) is 5.10 Å². The molecule has 8 heteroatoms. The fraction of sp³-hybridized carbons (Fsp3) is 0.118. The maximum atomic E-state index is 12.6. The number of ether oxygens (including phenoxy) is 1. The second-order valence-corrected chi connectivity index (χ2v) is 7.26. The molecule has 3 aromatic rings. The first-order valence-electron chi connectivity index (χ1n) is 7.56. The van der Waals surface area contributed by atoms with Gasteiger partial charge in [0, 0.05) is 12.7 Å². The van der Waals surface area contributed by atoms with E-state index in [2.05, 4.69) is 9.82 Å². The lowest BCUT2D eigenvalue weighted by molar-refractivity contribution is 0.485. The van der Waals surface area contributed by atoms with Crippen LogP contribution in [0.2, 0.25) is 5.02 Å². The summed E-state index contributed by atoms with van der Waals surface area (Å²) in [5, 5.41) is 4.43. The van der Waals surface area contributed by atoms with Crippen molar-refractivity contribution in [3.05, 3.63) is 65.9 Å². The summed E-state index contributed by atoms with van der Waals surface area (Å²) in [6.07, 6.45) is 2.78. The fourth-order valence-electron chi connectivity index (χ4n) is 2.15. The summed E-state index contributed by atoms with van der Waals surface area (Å²) in [6, 6.07) is 13.7. The van der Waals surface area contributed by atoms with Gasteiger partial charge in [0.15, 0.2) is 5.75 Å². The minimum atomic E-state index is -3.77. The van der Waals surface area contributed by atoms with E-state index in [4.69, 9.17) is 16.3 Å². The molecule has 0 unspecified atom stereocenters. The molecule has 1 heterocycles. The molecule has 0 spiro atoms. The van der Waals surface area contributed by atoms with Crippen molar-refractivity contribution in [3.8, 4) is 11.5 Å². The Morgan fingerprint density at radius 3 is 2.48 bits per heavy atom. The zero-order chi connectivity index (χ0) is 17.9. The van der Waals surface area contributed by atoms with Crippen LogP contribution in [0.3, 0.4) is 0 Å². The molecule has 25 heavy (non-hydrogen) atoms. The highest BCUT2D eigenvalue weighted by Gasteiger charge is 2.19. The number of aryl methyl sites for hydroxylation is 1. The maximum Gasteiger partial charge on any atom is 0.265 e. The molecule has 0 saturated carbocycles. The smallest absolute Gasteiger partial charge is 0.265 e. The van der Waals surface area contributed by atoms with Crippen LogP contribution >= 0.6 is 11.6 Å². The van der Waals surface area contributed by atoms with Crippen LogP contribution in [0.4, 0.5) is 5.69 Å². The zero-order valence-electron chi connectivity index (χ0n) is 13.4. The van der Waals surface area contributed by atoms with E-state index in [0.29, 0.717) is 28.8 Å². The van der Waals surface area contributed by atoms with Crippen LogP contribution in [0.25, 0.3) is 0 Å². The summed E-state index contributed by atoms with van der Waals surface area (Å²) in [7, 11) is -3.77. The second-order valence-electron chi connectivity index (χ2n) is 5.17. The highest BCUT2D eigenvalue weighted by atomic mass is 35.5. The van der Waals surface area contributed by atoms with Crippen molar-refractivity contribution in [3.63, 3.8) is 0 Å². The topological polar surface area (TPSA) is 73.2 Å². The van der Waals surface area contributed by atoms with Gasteiger partial charge in [0.1, 0.15) is 10.6 Å².